The molecule has 0 unspecified atom stereocenters. The van der Waals surface area contributed by atoms with Gasteiger partial charge in [0.2, 0.25) is 0 Å². The van der Waals surface area contributed by atoms with Crippen LogP contribution in [-0.2, 0) is 6.54 Å². The van der Waals surface area contributed by atoms with Crippen LogP contribution in [0.2, 0.25) is 0 Å². The molecule has 2 rings (SSSR count). The molecular weight excluding hydrogens is 302 g/mol. The maximum absolute atomic E-state index is 4.48. The monoisotopic (exact) mass is 321 g/mol. The van der Waals surface area contributed by atoms with Gasteiger partial charge in [-0.05, 0) is 45.9 Å². The summed E-state index contributed by atoms with van der Waals surface area (Å²) < 4.78 is 3.04. The van der Waals surface area contributed by atoms with Crippen molar-refractivity contribution in [2.75, 3.05) is 0 Å². The predicted molar refractivity (Wildman–Crippen MR) is 82.6 cm³/mol. The van der Waals surface area contributed by atoms with Crippen molar-refractivity contribution in [1.29, 1.82) is 0 Å². The van der Waals surface area contributed by atoms with Crippen LogP contribution < -0.4 is 5.32 Å². The van der Waals surface area contributed by atoms with E-state index in [0.29, 0.717) is 0 Å². The smallest absolute Gasteiger partial charge is 0.0660 e. The van der Waals surface area contributed by atoms with Gasteiger partial charge in [0.15, 0.2) is 0 Å². The SMILES string of the molecule is Cc1c(CNC(C)(C)C)cnn1-c1cccc(Br)c1. The second-order valence-electron chi connectivity index (χ2n) is 5.75. The number of nitrogens with one attached hydrogen (secondary N) is 1. The second-order valence-corrected chi connectivity index (χ2v) is 6.67. The Kier molecular flexibility index (Phi) is 4.11. The molecule has 0 saturated carbocycles. The van der Waals surface area contributed by atoms with Crippen LogP contribution in [0.1, 0.15) is 32.0 Å². The third kappa shape index (κ3) is 3.67. The van der Waals surface area contributed by atoms with E-state index < -0.39 is 0 Å². The molecule has 1 heterocycles. The summed E-state index contributed by atoms with van der Waals surface area (Å²) in [7, 11) is 0. The molecule has 0 atom stereocenters. The lowest BCUT2D eigenvalue weighted by molar-refractivity contribution is 0.424. The molecule has 2 aromatic rings. The first-order chi connectivity index (χ1) is 8.87. The van der Waals surface area contributed by atoms with Crippen molar-refractivity contribution in [2.24, 2.45) is 0 Å². The molecule has 0 aliphatic carbocycles. The van der Waals surface area contributed by atoms with E-state index in [-0.39, 0.29) is 5.54 Å². The zero-order chi connectivity index (χ0) is 14.0. The van der Waals surface area contributed by atoms with E-state index >= 15 is 0 Å². The highest BCUT2D eigenvalue weighted by molar-refractivity contribution is 9.10. The maximum atomic E-state index is 4.48. The molecule has 0 bridgehead atoms. The Morgan fingerprint density at radius 3 is 2.68 bits per heavy atom. The highest BCUT2D eigenvalue weighted by Gasteiger charge is 2.12. The van der Waals surface area contributed by atoms with Gasteiger partial charge in [-0.2, -0.15) is 5.10 Å². The summed E-state index contributed by atoms with van der Waals surface area (Å²) in [6.07, 6.45) is 1.94. The molecule has 0 aliphatic heterocycles. The minimum atomic E-state index is 0.115. The molecule has 19 heavy (non-hydrogen) atoms. The van der Waals surface area contributed by atoms with Gasteiger partial charge < -0.3 is 5.32 Å². The molecule has 0 fully saturated rings. The summed E-state index contributed by atoms with van der Waals surface area (Å²) in [4.78, 5) is 0. The molecule has 1 aromatic carbocycles. The van der Waals surface area contributed by atoms with E-state index in [1.807, 2.05) is 23.0 Å². The Bertz CT molecular complexity index is 567. The number of rotatable bonds is 3. The number of hydrogen-bond donors (Lipinski definition) is 1. The number of aromatic nitrogens is 2. The van der Waals surface area contributed by atoms with Gasteiger partial charge in [0.1, 0.15) is 0 Å². The van der Waals surface area contributed by atoms with Crippen LogP contribution in [0.15, 0.2) is 34.9 Å². The molecule has 102 valence electrons. The fourth-order valence-corrected chi connectivity index (χ4v) is 2.23. The molecule has 1 aromatic heterocycles. The van der Waals surface area contributed by atoms with Gasteiger partial charge in [0.25, 0.3) is 0 Å². The van der Waals surface area contributed by atoms with Crippen LogP contribution in [0.5, 0.6) is 0 Å². The van der Waals surface area contributed by atoms with Crippen LogP contribution >= 0.6 is 15.9 Å². The van der Waals surface area contributed by atoms with Gasteiger partial charge in [-0.25, -0.2) is 4.68 Å². The Balaban J connectivity index is 2.23. The number of halogens is 1. The summed E-state index contributed by atoms with van der Waals surface area (Å²) in [5, 5.41) is 7.98. The van der Waals surface area contributed by atoms with Crippen LogP contribution in [0.4, 0.5) is 0 Å². The third-order valence-electron chi connectivity index (χ3n) is 2.97. The lowest BCUT2D eigenvalue weighted by Crippen LogP contribution is -2.35. The summed E-state index contributed by atoms with van der Waals surface area (Å²) in [6.45, 7) is 9.44. The molecule has 1 N–H and O–H groups in total. The maximum Gasteiger partial charge on any atom is 0.0660 e. The summed E-state index contributed by atoms with van der Waals surface area (Å²) >= 11 is 3.49. The highest BCUT2D eigenvalue weighted by Crippen LogP contribution is 2.18. The predicted octanol–water partition coefficient (Wildman–Crippen LogP) is 3.83. The number of hydrogen-bond acceptors (Lipinski definition) is 2. The Labute approximate surface area is 123 Å². The largest absolute Gasteiger partial charge is 0.308 e. The summed E-state index contributed by atoms with van der Waals surface area (Å²) in [6, 6.07) is 8.17. The van der Waals surface area contributed by atoms with E-state index in [2.05, 4.69) is 66.2 Å². The van der Waals surface area contributed by atoms with Crippen LogP contribution in [0.3, 0.4) is 0 Å². The van der Waals surface area contributed by atoms with Crippen molar-refractivity contribution in [1.82, 2.24) is 15.1 Å². The van der Waals surface area contributed by atoms with Crippen LogP contribution in [0, 0.1) is 6.92 Å². The Morgan fingerprint density at radius 1 is 1.32 bits per heavy atom. The van der Waals surface area contributed by atoms with Crippen molar-refractivity contribution < 1.29 is 0 Å². The van der Waals surface area contributed by atoms with Crippen molar-refractivity contribution >= 4 is 15.9 Å². The fraction of sp³-hybridized carbons (Fsp3) is 0.400. The molecule has 0 aliphatic rings. The van der Waals surface area contributed by atoms with Gasteiger partial charge in [-0.1, -0.05) is 22.0 Å². The van der Waals surface area contributed by atoms with Gasteiger partial charge in [0, 0.05) is 27.8 Å². The molecule has 0 saturated heterocycles. The lowest BCUT2D eigenvalue weighted by atomic mass is 10.1. The second kappa shape index (κ2) is 5.47. The average Bonchev–Trinajstić information content (AvgIpc) is 2.67. The number of nitrogens with zero attached hydrogens (tertiary/aromatic N) is 2. The zero-order valence-electron chi connectivity index (χ0n) is 11.9. The fourth-order valence-electron chi connectivity index (χ4n) is 1.85. The minimum absolute atomic E-state index is 0.115. The summed E-state index contributed by atoms with van der Waals surface area (Å²) in [5.41, 5.74) is 3.60. The van der Waals surface area contributed by atoms with Crippen molar-refractivity contribution in [3.63, 3.8) is 0 Å². The first-order valence-electron chi connectivity index (χ1n) is 6.41. The van der Waals surface area contributed by atoms with Gasteiger partial charge in [-0.15, -0.1) is 0 Å². The van der Waals surface area contributed by atoms with Crippen LogP contribution in [-0.4, -0.2) is 15.3 Å². The van der Waals surface area contributed by atoms with Crippen molar-refractivity contribution in [3.05, 3.63) is 46.2 Å². The van der Waals surface area contributed by atoms with Gasteiger partial charge in [-0.3, -0.25) is 0 Å². The van der Waals surface area contributed by atoms with E-state index in [4.69, 9.17) is 0 Å². The minimum Gasteiger partial charge on any atom is -0.308 e. The lowest BCUT2D eigenvalue weighted by Gasteiger charge is -2.20. The average molecular weight is 322 g/mol. The van der Waals surface area contributed by atoms with Gasteiger partial charge in [0.05, 0.1) is 11.9 Å². The molecule has 0 radical (unpaired) electrons. The summed E-state index contributed by atoms with van der Waals surface area (Å²) in [5.74, 6) is 0. The third-order valence-corrected chi connectivity index (χ3v) is 3.47. The topological polar surface area (TPSA) is 29.9 Å². The van der Waals surface area contributed by atoms with E-state index in [1.165, 1.54) is 11.3 Å². The Hall–Kier alpha value is -1.13. The van der Waals surface area contributed by atoms with Crippen molar-refractivity contribution in [2.45, 2.75) is 39.8 Å². The number of benzene rings is 1. The highest BCUT2D eigenvalue weighted by atomic mass is 79.9. The standard InChI is InChI=1S/C15H20BrN3/c1-11-12(9-17-15(2,3)4)10-18-19(11)14-7-5-6-13(16)8-14/h5-8,10,17H,9H2,1-4H3. The molecule has 0 amide bonds. The first kappa shape index (κ1) is 14.3. The van der Waals surface area contributed by atoms with E-state index in [9.17, 15) is 0 Å². The molecule has 4 heteroatoms. The van der Waals surface area contributed by atoms with E-state index in [0.717, 1.165) is 16.7 Å². The quantitative estimate of drug-likeness (QED) is 0.931. The molecular formula is C15H20BrN3. The zero-order valence-corrected chi connectivity index (χ0v) is 13.5. The van der Waals surface area contributed by atoms with Gasteiger partial charge >= 0.3 is 0 Å². The first-order valence-corrected chi connectivity index (χ1v) is 7.20. The van der Waals surface area contributed by atoms with Crippen LogP contribution in [0.25, 0.3) is 5.69 Å². The Morgan fingerprint density at radius 2 is 2.05 bits per heavy atom. The molecule has 3 nitrogen and oxygen atoms in total. The normalized spacial score (nSPS) is 11.8. The van der Waals surface area contributed by atoms with Crippen molar-refractivity contribution in [3.8, 4) is 5.69 Å². The molecule has 0 spiro atoms. The van der Waals surface area contributed by atoms with E-state index in [1.54, 1.807) is 0 Å².